The van der Waals surface area contributed by atoms with Crippen LogP contribution in [0.25, 0.3) is 10.9 Å². The number of aryl methyl sites for hydroxylation is 1. The van der Waals surface area contributed by atoms with E-state index in [-0.39, 0.29) is 0 Å². The van der Waals surface area contributed by atoms with Crippen LogP contribution in [0.5, 0.6) is 5.75 Å². The predicted molar refractivity (Wildman–Crippen MR) is 68.9 cm³/mol. The molecule has 82 valence electrons. The molecule has 3 nitrogen and oxygen atoms in total. The molecule has 1 heterocycles. The molecule has 0 aliphatic heterocycles. The molecule has 0 atom stereocenters. The third-order valence-corrected chi connectivity index (χ3v) is 2.64. The van der Waals surface area contributed by atoms with Gasteiger partial charge >= 0.3 is 0 Å². The van der Waals surface area contributed by atoms with E-state index in [0.29, 0.717) is 4.99 Å². The number of hydrogen-bond acceptors (Lipinski definition) is 3. The summed E-state index contributed by atoms with van der Waals surface area (Å²) in [4.78, 5) is 4.83. The van der Waals surface area contributed by atoms with Crippen molar-refractivity contribution in [2.24, 2.45) is 5.73 Å². The standard InChI is InChI=1S/C12H12N2OS/c1-7-6-9(12(13)16)8-4-3-5-10(15-2)11(8)14-7/h3-6H,1-2H3,(H2,13,16). The number of thiocarbonyl (C=S) groups is 1. The van der Waals surface area contributed by atoms with Crippen LogP contribution in [-0.4, -0.2) is 17.1 Å². The number of rotatable bonds is 2. The summed E-state index contributed by atoms with van der Waals surface area (Å²) >= 11 is 5.04. The van der Waals surface area contributed by atoms with Gasteiger partial charge in [0.2, 0.25) is 0 Å². The van der Waals surface area contributed by atoms with Crippen molar-refractivity contribution in [3.05, 3.63) is 35.5 Å². The maximum atomic E-state index is 5.70. The number of fused-ring (bicyclic) bond motifs is 1. The van der Waals surface area contributed by atoms with Crippen LogP contribution in [0.15, 0.2) is 24.3 Å². The fourth-order valence-corrected chi connectivity index (χ4v) is 1.89. The van der Waals surface area contributed by atoms with Gasteiger partial charge in [-0.2, -0.15) is 0 Å². The molecule has 1 aromatic carbocycles. The van der Waals surface area contributed by atoms with E-state index in [2.05, 4.69) is 4.98 Å². The van der Waals surface area contributed by atoms with Crippen LogP contribution in [0.4, 0.5) is 0 Å². The first-order valence-electron chi connectivity index (χ1n) is 4.87. The summed E-state index contributed by atoms with van der Waals surface area (Å²) in [6.07, 6.45) is 0. The zero-order valence-electron chi connectivity index (χ0n) is 9.15. The molecule has 0 saturated carbocycles. The Labute approximate surface area is 99.2 Å². The lowest BCUT2D eigenvalue weighted by atomic mass is 10.1. The lowest BCUT2D eigenvalue weighted by molar-refractivity contribution is 0.419. The Kier molecular flexibility index (Phi) is 2.75. The lowest BCUT2D eigenvalue weighted by Crippen LogP contribution is -2.11. The third-order valence-electron chi connectivity index (χ3n) is 2.42. The van der Waals surface area contributed by atoms with Crippen LogP contribution < -0.4 is 10.5 Å². The Morgan fingerprint density at radius 2 is 2.19 bits per heavy atom. The Hall–Kier alpha value is -1.68. The third kappa shape index (κ3) is 1.72. The minimum Gasteiger partial charge on any atom is -0.494 e. The monoisotopic (exact) mass is 232 g/mol. The molecule has 0 aliphatic rings. The van der Waals surface area contributed by atoms with Crippen molar-refractivity contribution >= 4 is 28.1 Å². The molecule has 16 heavy (non-hydrogen) atoms. The number of methoxy groups -OCH3 is 1. The number of para-hydroxylation sites is 1. The summed E-state index contributed by atoms with van der Waals surface area (Å²) in [5, 5.41) is 0.928. The van der Waals surface area contributed by atoms with Crippen molar-refractivity contribution in [2.75, 3.05) is 7.11 Å². The number of benzene rings is 1. The Morgan fingerprint density at radius 3 is 2.81 bits per heavy atom. The van der Waals surface area contributed by atoms with Crippen molar-refractivity contribution in [3.63, 3.8) is 0 Å². The van der Waals surface area contributed by atoms with E-state index in [9.17, 15) is 0 Å². The molecule has 4 heteroatoms. The van der Waals surface area contributed by atoms with Crippen molar-refractivity contribution in [2.45, 2.75) is 6.92 Å². The Balaban J connectivity index is 2.88. The molecule has 0 fully saturated rings. The lowest BCUT2D eigenvalue weighted by Gasteiger charge is -2.09. The van der Waals surface area contributed by atoms with Crippen LogP contribution in [-0.2, 0) is 0 Å². The SMILES string of the molecule is COc1cccc2c(C(N)=S)cc(C)nc12. The summed E-state index contributed by atoms with van der Waals surface area (Å²) in [5.74, 6) is 0.735. The van der Waals surface area contributed by atoms with Crippen LogP contribution in [0.1, 0.15) is 11.3 Å². The molecule has 0 spiro atoms. The van der Waals surface area contributed by atoms with Gasteiger partial charge in [0.15, 0.2) is 0 Å². The highest BCUT2D eigenvalue weighted by Gasteiger charge is 2.09. The van der Waals surface area contributed by atoms with Crippen molar-refractivity contribution in [3.8, 4) is 5.75 Å². The molecule has 0 unspecified atom stereocenters. The van der Waals surface area contributed by atoms with Gasteiger partial charge in [-0.05, 0) is 19.1 Å². The molecule has 2 aromatic rings. The Bertz CT molecular complexity index is 566. The van der Waals surface area contributed by atoms with Gasteiger partial charge in [0, 0.05) is 16.6 Å². The van der Waals surface area contributed by atoms with Gasteiger partial charge in [-0.25, -0.2) is 4.98 Å². The molecule has 0 aliphatic carbocycles. The molecule has 2 N–H and O–H groups in total. The predicted octanol–water partition coefficient (Wildman–Crippen LogP) is 2.19. The number of hydrogen-bond donors (Lipinski definition) is 1. The van der Waals surface area contributed by atoms with Crippen LogP contribution in [0, 0.1) is 6.92 Å². The molecule has 0 amide bonds. The van der Waals surface area contributed by atoms with Crippen molar-refractivity contribution < 1.29 is 4.74 Å². The van der Waals surface area contributed by atoms with Crippen LogP contribution >= 0.6 is 12.2 Å². The zero-order valence-corrected chi connectivity index (χ0v) is 9.97. The van der Waals surface area contributed by atoms with E-state index in [1.807, 2.05) is 31.2 Å². The number of ether oxygens (including phenoxy) is 1. The van der Waals surface area contributed by atoms with E-state index in [4.69, 9.17) is 22.7 Å². The molecule has 1 aromatic heterocycles. The Morgan fingerprint density at radius 1 is 1.44 bits per heavy atom. The quantitative estimate of drug-likeness (QED) is 0.806. The topological polar surface area (TPSA) is 48.1 Å². The first kappa shape index (κ1) is 10.8. The second-order valence-electron chi connectivity index (χ2n) is 3.53. The first-order chi connectivity index (χ1) is 7.63. The van der Waals surface area contributed by atoms with E-state index in [1.165, 1.54) is 0 Å². The van der Waals surface area contributed by atoms with Gasteiger partial charge in [-0.1, -0.05) is 24.4 Å². The summed E-state index contributed by atoms with van der Waals surface area (Å²) in [5.41, 5.74) is 8.22. The fraction of sp³-hybridized carbons (Fsp3) is 0.167. The number of nitrogens with two attached hydrogens (primary N) is 1. The second kappa shape index (κ2) is 4.06. The van der Waals surface area contributed by atoms with E-state index in [0.717, 1.165) is 27.9 Å². The summed E-state index contributed by atoms with van der Waals surface area (Å²) < 4.78 is 5.27. The molecule has 0 radical (unpaired) electrons. The van der Waals surface area contributed by atoms with Crippen molar-refractivity contribution in [1.29, 1.82) is 0 Å². The maximum Gasteiger partial charge on any atom is 0.145 e. The highest BCUT2D eigenvalue weighted by Crippen LogP contribution is 2.26. The molecule has 0 bridgehead atoms. The molecular formula is C12H12N2OS. The highest BCUT2D eigenvalue weighted by molar-refractivity contribution is 7.80. The summed E-state index contributed by atoms with van der Waals surface area (Å²) in [7, 11) is 1.62. The van der Waals surface area contributed by atoms with Gasteiger partial charge in [-0.15, -0.1) is 0 Å². The zero-order chi connectivity index (χ0) is 11.7. The minimum atomic E-state index is 0.378. The highest BCUT2D eigenvalue weighted by atomic mass is 32.1. The number of pyridine rings is 1. The van der Waals surface area contributed by atoms with Gasteiger partial charge in [0.25, 0.3) is 0 Å². The largest absolute Gasteiger partial charge is 0.494 e. The van der Waals surface area contributed by atoms with E-state index >= 15 is 0 Å². The average molecular weight is 232 g/mol. The minimum absolute atomic E-state index is 0.378. The maximum absolute atomic E-state index is 5.70. The smallest absolute Gasteiger partial charge is 0.145 e. The van der Waals surface area contributed by atoms with Gasteiger partial charge in [-0.3, -0.25) is 0 Å². The van der Waals surface area contributed by atoms with E-state index < -0.39 is 0 Å². The van der Waals surface area contributed by atoms with Crippen molar-refractivity contribution in [1.82, 2.24) is 4.98 Å². The average Bonchev–Trinajstić information content (AvgIpc) is 2.27. The fourth-order valence-electron chi connectivity index (χ4n) is 1.72. The normalized spacial score (nSPS) is 10.4. The second-order valence-corrected chi connectivity index (χ2v) is 3.97. The van der Waals surface area contributed by atoms with Gasteiger partial charge in [0.1, 0.15) is 16.3 Å². The molecule has 2 rings (SSSR count). The summed E-state index contributed by atoms with van der Waals surface area (Å²) in [6, 6.07) is 7.61. The summed E-state index contributed by atoms with van der Waals surface area (Å²) in [6.45, 7) is 1.91. The molecular weight excluding hydrogens is 220 g/mol. The first-order valence-corrected chi connectivity index (χ1v) is 5.28. The van der Waals surface area contributed by atoms with Gasteiger partial charge < -0.3 is 10.5 Å². The number of aromatic nitrogens is 1. The van der Waals surface area contributed by atoms with E-state index in [1.54, 1.807) is 7.11 Å². The van der Waals surface area contributed by atoms with Crippen LogP contribution in [0.2, 0.25) is 0 Å². The molecule has 0 saturated heterocycles. The van der Waals surface area contributed by atoms with Crippen LogP contribution in [0.3, 0.4) is 0 Å². The van der Waals surface area contributed by atoms with Gasteiger partial charge in [0.05, 0.1) is 7.11 Å². The number of nitrogens with zero attached hydrogens (tertiary/aromatic N) is 1.